The van der Waals surface area contributed by atoms with Crippen LogP contribution in [0, 0.1) is 0 Å². The fourth-order valence-corrected chi connectivity index (χ4v) is 2.79. The smallest absolute Gasteiger partial charge is 0.161 e. The maximum atomic E-state index is 6.32. The molecule has 1 aromatic heterocycles. The molecule has 0 atom stereocenters. The molecule has 3 rings (SSSR count). The predicted octanol–water partition coefficient (Wildman–Crippen LogP) is 3.97. The Morgan fingerprint density at radius 1 is 1.17 bits per heavy atom. The van der Waals surface area contributed by atoms with Crippen LogP contribution < -0.4 is 16.0 Å². The largest absolute Gasteiger partial charge is 0.393 e. The maximum Gasteiger partial charge on any atom is 0.161 e. The Hall–Kier alpha value is -3.08. The lowest BCUT2D eigenvalue weighted by atomic mass is 10.1. The minimum Gasteiger partial charge on any atom is -0.393 e. The number of fused-ring (bicyclic) bond motifs is 1. The summed E-state index contributed by atoms with van der Waals surface area (Å²) in [5.74, 6) is 1.33. The summed E-state index contributed by atoms with van der Waals surface area (Å²) in [7, 11) is 0. The van der Waals surface area contributed by atoms with Crippen LogP contribution in [-0.4, -0.2) is 23.1 Å². The molecule has 5 nitrogen and oxygen atoms in total. The molecule has 1 heterocycles. The molecule has 0 aliphatic heterocycles. The van der Waals surface area contributed by atoms with Gasteiger partial charge in [-0.15, -0.1) is 6.58 Å². The van der Waals surface area contributed by atoms with E-state index in [-0.39, 0.29) is 0 Å². The average Bonchev–Trinajstić information content (AvgIpc) is 2.63. The van der Waals surface area contributed by atoms with Crippen molar-refractivity contribution in [1.82, 2.24) is 9.97 Å². The fourth-order valence-electron chi connectivity index (χ4n) is 2.79. The lowest BCUT2D eigenvalue weighted by Crippen LogP contribution is -2.20. The zero-order chi connectivity index (χ0) is 16.9. The Balaban J connectivity index is 2.10. The number of nitrogens with two attached hydrogens (primary N) is 1. The van der Waals surface area contributed by atoms with Gasteiger partial charge in [-0.25, -0.2) is 9.97 Å². The normalized spacial score (nSPS) is 10.5. The molecule has 3 N–H and O–H groups in total. The summed E-state index contributed by atoms with van der Waals surface area (Å²) in [6.45, 7) is 7.13. The van der Waals surface area contributed by atoms with Gasteiger partial charge in [-0.1, -0.05) is 42.5 Å². The third-order valence-corrected chi connectivity index (χ3v) is 3.91. The molecule has 0 spiro atoms. The van der Waals surface area contributed by atoms with E-state index in [1.807, 2.05) is 12.1 Å². The molecule has 0 aliphatic rings. The van der Waals surface area contributed by atoms with E-state index in [9.17, 15) is 0 Å². The molecule has 0 fully saturated rings. The lowest BCUT2D eigenvalue weighted by Gasteiger charge is -2.25. The van der Waals surface area contributed by atoms with Crippen molar-refractivity contribution in [1.29, 1.82) is 0 Å². The number of anilines is 4. The number of hydrogen-bond donors (Lipinski definition) is 2. The van der Waals surface area contributed by atoms with Gasteiger partial charge < -0.3 is 16.0 Å². The molecule has 0 saturated carbocycles. The molecule has 2 aromatic carbocycles. The third kappa shape index (κ3) is 2.88. The molecular formula is C19H21N5. The zero-order valence-corrected chi connectivity index (χ0v) is 13.7. The van der Waals surface area contributed by atoms with Crippen LogP contribution in [0.2, 0.25) is 0 Å². The molecule has 122 valence electrons. The van der Waals surface area contributed by atoms with Crippen LogP contribution in [0.3, 0.4) is 0 Å². The molecular weight excluding hydrogens is 298 g/mol. The van der Waals surface area contributed by atoms with Gasteiger partial charge in [0.2, 0.25) is 0 Å². The van der Waals surface area contributed by atoms with E-state index in [0.717, 1.165) is 12.2 Å². The van der Waals surface area contributed by atoms with E-state index in [1.54, 1.807) is 6.08 Å². The van der Waals surface area contributed by atoms with E-state index >= 15 is 0 Å². The number of nitrogens with one attached hydrogen (secondary N) is 1. The van der Waals surface area contributed by atoms with Crippen LogP contribution in [0.15, 0.2) is 61.4 Å². The number of aromatic nitrogens is 2. The Labute approximate surface area is 141 Å². The monoisotopic (exact) mass is 319 g/mol. The van der Waals surface area contributed by atoms with Crippen molar-refractivity contribution in [2.24, 2.45) is 0 Å². The van der Waals surface area contributed by atoms with E-state index in [2.05, 4.69) is 64.0 Å². The Bertz CT molecular complexity index is 854. The summed E-state index contributed by atoms with van der Waals surface area (Å²) in [5.41, 5.74) is 7.93. The summed E-state index contributed by atoms with van der Waals surface area (Å²) in [4.78, 5) is 10.8. The summed E-state index contributed by atoms with van der Waals surface area (Å²) in [6.07, 6.45) is 3.30. The zero-order valence-electron chi connectivity index (χ0n) is 13.7. The molecule has 0 saturated heterocycles. The molecule has 0 bridgehead atoms. The first-order valence-corrected chi connectivity index (χ1v) is 7.96. The Morgan fingerprint density at radius 3 is 2.75 bits per heavy atom. The second-order valence-corrected chi connectivity index (χ2v) is 5.37. The van der Waals surface area contributed by atoms with E-state index in [4.69, 9.17) is 5.73 Å². The van der Waals surface area contributed by atoms with E-state index < -0.39 is 0 Å². The molecule has 0 unspecified atom stereocenters. The van der Waals surface area contributed by atoms with Crippen LogP contribution in [0.1, 0.15) is 6.92 Å². The van der Waals surface area contributed by atoms with Gasteiger partial charge in [0.25, 0.3) is 0 Å². The molecule has 0 radical (unpaired) electrons. The number of benzene rings is 2. The summed E-state index contributed by atoms with van der Waals surface area (Å²) < 4.78 is 0. The topological polar surface area (TPSA) is 67.1 Å². The number of hydrogen-bond acceptors (Lipinski definition) is 5. The minimum absolute atomic E-state index is 0.536. The van der Waals surface area contributed by atoms with Gasteiger partial charge in [0.1, 0.15) is 12.0 Å². The van der Waals surface area contributed by atoms with Crippen LogP contribution >= 0.6 is 0 Å². The first-order chi connectivity index (χ1) is 11.8. The summed E-state index contributed by atoms with van der Waals surface area (Å²) in [5, 5.41) is 5.50. The predicted molar refractivity (Wildman–Crippen MR) is 102 cm³/mol. The van der Waals surface area contributed by atoms with Gasteiger partial charge in [-0.2, -0.15) is 0 Å². The second-order valence-electron chi connectivity index (χ2n) is 5.37. The van der Waals surface area contributed by atoms with E-state index in [1.165, 1.54) is 17.1 Å². The van der Waals surface area contributed by atoms with Crippen LogP contribution in [0.25, 0.3) is 10.8 Å². The number of rotatable bonds is 6. The minimum atomic E-state index is 0.536. The SMILES string of the molecule is C=CCNc1ncnc(N(CC)c2cccc3ccccc23)c1N. The first-order valence-electron chi connectivity index (χ1n) is 7.96. The highest BCUT2D eigenvalue weighted by atomic mass is 15.2. The van der Waals surface area contributed by atoms with Crippen molar-refractivity contribution in [3.8, 4) is 0 Å². The van der Waals surface area contributed by atoms with Crippen molar-refractivity contribution in [2.75, 3.05) is 29.0 Å². The van der Waals surface area contributed by atoms with Gasteiger partial charge in [0.15, 0.2) is 11.6 Å². The third-order valence-electron chi connectivity index (χ3n) is 3.91. The molecule has 5 heteroatoms. The lowest BCUT2D eigenvalue weighted by molar-refractivity contribution is 0.983. The molecule has 24 heavy (non-hydrogen) atoms. The molecule has 0 amide bonds. The fraction of sp³-hybridized carbons (Fsp3) is 0.158. The maximum absolute atomic E-state index is 6.32. The van der Waals surface area contributed by atoms with Gasteiger partial charge in [-0.3, -0.25) is 0 Å². The Morgan fingerprint density at radius 2 is 1.96 bits per heavy atom. The number of nitrogen functional groups attached to an aromatic ring is 1. The highest BCUT2D eigenvalue weighted by Gasteiger charge is 2.17. The van der Waals surface area contributed by atoms with Crippen molar-refractivity contribution in [3.63, 3.8) is 0 Å². The first kappa shape index (κ1) is 15.8. The van der Waals surface area contributed by atoms with Crippen LogP contribution in [-0.2, 0) is 0 Å². The standard InChI is InChI=1S/C19H21N5/c1-3-12-21-18-17(20)19(23-13-22-18)24(4-2)16-11-7-9-14-8-5-6-10-15(14)16/h3,5-11,13H,1,4,12,20H2,2H3,(H,21,22,23). The van der Waals surface area contributed by atoms with Gasteiger partial charge >= 0.3 is 0 Å². The van der Waals surface area contributed by atoms with Gasteiger partial charge in [0, 0.05) is 18.5 Å². The van der Waals surface area contributed by atoms with Crippen LogP contribution in [0.4, 0.5) is 23.0 Å². The van der Waals surface area contributed by atoms with Gasteiger partial charge in [-0.05, 0) is 18.4 Å². The van der Waals surface area contributed by atoms with Crippen molar-refractivity contribution < 1.29 is 0 Å². The van der Waals surface area contributed by atoms with Crippen molar-refractivity contribution >= 4 is 33.8 Å². The van der Waals surface area contributed by atoms with Gasteiger partial charge in [0.05, 0.1) is 5.69 Å². The Kier molecular flexibility index (Phi) is 4.61. The quantitative estimate of drug-likeness (QED) is 0.673. The van der Waals surface area contributed by atoms with Crippen LogP contribution in [0.5, 0.6) is 0 Å². The molecule has 0 aliphatic carbocycles. The van der Waals surface area contributed by atoms with Crippen molar-refractivity contribution in [2.45, 2.75) is 6.92 Å². The second kappa shape index (κ2) is 7.00. The molecule has 3 aromatic rings. The average molecular weight is 319 g/mol. The van der Waals surface area contributed by atoms with Crippen molar-refractivity contribution in [3.05, 3.63) is 61.4 Å². The summed E-state index contributed by atoms with van der Waals surface area (Å²) in [6, 6.07) is 14.5. The highest BCUT2D eigenvalue weighted by Crippen LogP contribution is 2.35. The highest BCUT2D eigenvalue weighted by molar-refractivity contribution is 5.97. The van der Waals surface area contributed by atoms with E-state index in [0.29, 0.717) is 23.9 Å². The summed E-state index contributed by atoms with van der Waals surface area (Å²) >= 11 is 0. The number of nitrogens with zero attached hydrogens (tertiary/aromatic N) is 3.